The van der Waals surface area contributed by atoms with Crippen LogP contribution in [0.25, 0.3) is 0 Å². The van der Waals surface area contributed by atoms with Gasteiger partial charge in [-0.1, -0.05) is 0 Å². The lowest BCUT2D eigenvalue weighted by molar-refractivity contribution is 0.0986. The lowest BCUT2D eigenvalue weighted by Gasteiger charge is -2.09. The van der Waals surface area contributed by atoms with Crippen molar-refractivity contribution >= 4 is 22.9 Å². The van der Waals surface area contributed by atoms with Gasteiger partial charge in [0.1, 0.15) is 0 Å². The summed E-state index contributed by atoms with van der Waals surface area (Å²) in [5.41, 5.74) is 0.488. The van der Waals surface area contributed by atoms with Crippen molar-refractivity contribution in [2.24, 2.45) is 0 Å². The van der Waals surface area contributed by atoms with E-state index in [0.29, 0.717) is 22.3 Å². The van der Waals surface area contributed by atoms with E-state index in [9.17, 15) is 9.59 Å². The van der Waals surface area contributed by atoms with E-state index in [0.717, 1.165) is 0 Å². The monoisotopic (exact) mass is 266 g/mol. The van der Waals surface area contributed by atoms with Gasteiger partial charge in [0, 0.05) is 5.56 Å². The molecule has 92 valence electrons. The lowest BCUT2D eigenvalue weighted by atomic mass is 9.93. The fraction of sp³-hybridized carbons (Fsp3) is 0. The van der Waals surface area contributed by atoms with Crippen molar-refractivity contribution in [3.63, 3.8) is 0 Å². The van der Waals surface area contributed by atoms with Crippen molar-refractivity contribution in [2.75, 3.05) is 0 Å². The molecule has 0 bridgehead atoms. The van der Waals surface area contributed by atoms with Crippen molar-refractivity contribution < 1.29 is 9.59 Å². The van der Waals surface area contributed by atoms with E-state index in [2.05, 4.69) is 0 Å². The maximum absolute atomic E-state index is 12.3. The summed E-state index contributed by atoms with van der Waals surface area (Å²) in [6, 6.07) is 1.72. The molecule has 10 radical (unpaired) electrons. The van der Waals surface area contributed by atoms with Crippen LogP contribution in [0.2, 0.25) is 0 Å². The van der Waals surface area contributed by atoms with Crippen molar-refractivity contribution in [3.8, 4) is 0 Å². The van der Waals surface area contributed by atoms with Gasteiger partial charge in [-0.25, -0.2) is 0 Å². The average Bonchev–Trinajstić information content (AvgIpc) is 3.16. The van der Waals surface area contributed by atoms with E-state index in [1.165, 1.54) is 11.3 Å². The molecule has 2 fully saturated rings. The van der Waals surface area contributed by atoms with Gasteiger partial charge in [0.25, 0.3) is 0 Å². The Labute approximate surface area is 118 Å². The summed E-state index contributed by atoms with van der Waals surface area (Å²) in [5.74, 6) is 1.06. The summed E-state index contributed by atoms with van der Waals surface area (Å²) in [7, 11) is 0. The first-order chi connectivity index (χ1) is 9.27. The molecule has 3 rings (SSSR count). The van der Waals surface area contributed by atoms with Crippen molar-refractivity contribution in [3.05, 3.63) is 85.1 Å². The summed E-state index contributed by atoms with van der Waals surface area (Å²) < 4.78 is 0. The first kappa shape index (κ1) is 13.0. The molecule has 19 heavy (non-hydrogen) atoms. The molecule has 0 spiro atoms. The van der Waals surface area contributed by atoms with E-state index >= 15 is 0 Å². The maximum Gasteiger partial charge on any atom is 0.181 e. The number of hydrogen-bond donors (Lipinski definition) is 0. The summed E-state index contributed by atoms with van der Waals surface area (Å²) in [6.45, 7) is 0. The minimum absolute atomic E-state index is 0.0880. The number of Topliss-reactive ketones (excluding diaryl/α,β-unsaturated/α-hetero) is 2. The second kappa shape index (κ2) is 5.58. The minimum atomic E-state index is -0.0962. The lowest BCUT2D eigenvalue weighted by Crippen LogP contribution is -2.16. The number of carbonyl (C=O) groups excluding carboxylic acids is 2. The van der Waals surface area contributed by atoms with Gasteiger partial charge in [0.05, 0.1) is 16.7 Å². The summed E-state index contributed by atoms with van der Waals surface area (Å²) >= 11 is 1.31. The molecule has 3 heteroatoms. The highest BCUT2D eigenvalue weighted by Gasteiger charge is 2.32. The smallest absolute Gasteiger partial charge is 0.181 e. The van der Waals surface area contributed by atoms with Crippen LogP contribution in [0.3, 0.4) is 0 Å². The molecule has 0 atom stereocenters. The highest BCUT2D eigenvalue weighted by molar-refractivity contribution is 7.12. The average molecular weight is 266 g/mol. The third-order valence-corrected chi connectivity index (χ3v) is 3.88. The predicted molar refractivity (Wildman–Crippen MR) is 73.9 cm³/mol. The Hall–Kier alpha value is -0.960. The molecule has 2 nitrogen and oxygen atoms in total. The van der Waals surface area contributed by atoms with Crippen molar-refractivity contribution in [2.45, 2.75) is 0 Å². The Morgan fingerprint density at radius 1 is 0.789 bits per heavy atom. The third kappa shape index (κ3) is 2.53. The molecule has 0 aliphatic heterocycles. The van der Waals surface area contributed by atoms with Gasteiger partial charge in [-0.05, 0) is 62.8 Å². The molecular formula is C16H10O2S. The normalized spacial score (nSPS) is 21.1. The van der Waals surface area contributed by atoms with Crippen molar-refractivity contribution in [1.29, 1.82) is 0 Å². The summed E-state index contributed by atoms with van der Waals surface area (Å²) in [5, 5.41) is 1.78. The first-order valence-corrected chi connectivity index (χ1v) is 6.75. The van der Waals surface area contributed by atoms with Crippen LogP contribution >= 0.6 is 11.3 Å². The number of hydrogen-bond acceptors (Lipinski definition) is 3. The van der Waals surface area contributed by atoms with Gasteiger partial charge >= 0.3 is 0 Å². The van der Waals surface area contributed by atoms with E-state index in [4.69, 9.17) is 0 Å². The predicted octanol–water partition coefficient (Wildman–Crippen LogP) is 2.92. The Morgan fingerprint density at radius 3 is 1.89 bits per heavy atom. The largest absolute Gasteiger partial charge is 0.293 e. The van der Waals surface area contributed by atoms with Crippen LogP contribution in [0.15, 0.2) is 11.4 Å². The molecule has 0 N–H and O–H groups in total. The van der Waals surface area contributed by atoms with Crippen LogP contribution in [-0.2, 0) is 0 Å². The van der Waals surface area contributed by atoms with Gasteiger partial charge in [-0.2, -0.15) is 0 Å². The molecule has 0 aromatic carbocycles. The molecule has 0 saturated heterocycles. The number of ketones is 2. The van der Waals surface area contributed by atoms with E-state index in [1.807, 2.05) is 25.7 Å². The molecule has 0 amide bonds. The van der Waals surface area contributed by atoms with E-state index in [1.54, 1.807) is 37.1 Å². The Bertz CT molecular complexity index is 434. The van der Waals surface area contributed by atoms with E-state index in [-0.39, 0.29) is 11.6 Å². The molecule has 1 heterocycles. The highest BCUT2D eigenvalue weighted by atomic mass is 32.1. The van der Waals surface area contributed by atoms with E-state index < -0.39 is 0 Å². The first-order valence-electron chi connectivity index (χ1n) is 5.87. The summed E-state index contributed by atoms with van der Waals surface area (Å²) in [6.07, 6.45) is 14.3. The fourth-order valence-corrected chi connectivity index (χ4v) is 2.85. The number of thiophene rings is 1. The van der Waals surface area contributed by atoms with Crippen LogP contribution in [0.5, 0.6) is 0 Å². The van der Waals surface area contributed by atoms with Gasteiger partial charge < -0.3 is 0 Å². The van der Waals surface area contributed by atoms with Gasteiger partial charge in [0.2, 0.25) is 0 Å². The minimum Gasteiger partial charge on any atom is -0.293 e. The second-order valence-corrected chi connectivity index (χ2v) is 5.08. The van der Waals surface area contributed by atoms with Crippen LogP contribution in [0.4, 0.5) is 0 Å². The number of carbonyl (C=O) groups is 2. The zero-order chi connectivity index (χ0) is 13.2. The topological polar surface area (TPSA) is 34.1 Å². The molecule has 2 aliphatic rings. The zero-order valence-electron chi connectivity index (χ0n) is 10.00. The van der Waals surface area contributed by atoms with Crippen LogP contribution in [0.1, 0.15) is 20.0 Å². The van der Waals surface area contributed by atoms with Crippen LogP contribution in [0, 0.1) is 63.2 Å². The standard InChI is InChI=1S/C16H10O2S/c17-14(11-5-1-2-6-11)13-9-10-19-16(13)15(18)12-7-3-4-8-12/h1-10H. The highest BCUT2D eigenvalue weighted by Crippen LogP contribution is 2.33. The molecule has 1 aromatic heterocycles. The summed E-state index contributed by atoms with van der Waals surface area (Å²) in [4.78, 5) is 25.2. The van der Waals surface area contributed by atoms with Gasteiger partial charge in [-0.15, -0.1) is 11.3 Å². The molecule has 2 saturated carbocycles. The molecule has 2 aliphatic carbocycles. The quantitative estimate of drug-likeness (QED) is 0.785. The Morgan fingerprint density at radius 2 is 1.32 bits per heavy atom. The molecule has 0 unspecified atom stereocenters. The maximum atomic E-state index is 12.3. The SMILES string of the molecule is O=C([C]1[CH][CH][CH][CH]1)c1ccsc1C(=O)[C]1[CH][CH][CH][CH]1. The number of rotatable bonds is 4. The molecule has 1 aromatic rings. The fourth-order valence-electron chi connectivity index (χ4n) is 2.00. The Balaban J connectivity index is 1.81. The van der Waals surface area contributed by atoms with Crippen LogP contribution in [-0.4, -0.2) is 11.6 Å². The van der Waals surface area contributed by atoms with Gasteiger partial charge in [0.15, 0.2) is 11.6 Å². The second-order valence-electron chi connectivity index (χ2n) is 4.17. The van der Waals surface area contributed by atoms with Crippen LogP contribution < -0.4 is 0 Å². The Kier molecular flexibility index (Phi) is 3.83. The van der Waals surface area contributed by atoms with Crippen molar-refractivity contribution in [1.82, 2.24) is 0 Å². The zero-order valence-corrected chi connectivity index (χ0v) is 10.8. The third-order valence-electron chi connectivity index (χ3n) is 2.97. The molecular weight excluding hydrogens is 256 g/mol. The van der Waals surface area contributed by atoms with Gasteiger partial charge in [-0.3, -0.25) is 9.59 Å².